The fraction of sp³-hybridized carbons (Fsp3) is 0.0714. The quantitative estimate of drug-likeness (QED) is 0.482. The van der Waals surface area contributed by atoms with Crippen molar-refractivity contribution in [1.29, 1.82) is 5.26 Å². The van der Waals surface area contributed by atoms with Gasteiger partial charge in [0.25, 0.3) is 5.69 Å². The van der Waals surface area contributed by atoms with Gasteiger partial charge in [0.1, 0.15) is 6.07 Å². The first-order valence-corrected chi connectivity index (χ1v) is 6.33. The predicted octanol–water partition coefficient (Wildman–Crippen LogP) is 1.32. The number of nitrogens with zero attached hydrogens (tertiary/aromatic N) is 3. The van der Waals surface area contributed by atoms with Crippen molar-refractivity contribution in [2.45, 2.75) is 0 Å². The zero-order chi connectivity index (χ0) is 18.0. The van der Waals surface area contributed by atoms with Gasteiger partial charge in [-0.15, -0.1) is 0 Å². The third kappa shape index (κ3) is 2.61. The van der Waals surface area contributed by atoms with Gasteiger partial charge in [-0.3, -0.25) is 10.1 Å². The van der Waals surface area contributed by atoms with Crippen LogP contribution in [0.15, 0.2) is 24.4 Å². The monoisotopic (exact) mass is 330 g/mol. The number of aromatic nitrogens is 1. The summed E-state index contributed by atoms with van der Waals surface area (Å²) in [4.78, 5) is 33.4. The summed E-state index contributed by atoms with van der Waals surface area (Å²) in [5.74, 6) is -2.33. The van der Waals surface area contributed by atoms with E-state index >= 15 is 0 Å². The number of carboxylic acids is 1. The van der Waals surface area contributed by atoms with Crippen molar-refractivity contribution < 1.29 is 24.4 Å². The maximum atomic E-state index is 11.9. The number of benzene rings is 1. The lowest BCUT2D eigenvalue weighted by Gasteiger charge is -2.11. The molecular formula is C14H10N4O6. The van der Waals surface area contributed by atoms with Crippen molar-refractivity contribution >= 4 is 23.3 Å². The molecule has 2 aromatic rings. The van der Waals surface area contributed by atoms with Crippen molar-refractivity contribution in [2.75, 3.05) is 12.8 Å². The van der Waals surface area contributed by atoms with Crippen LogP contribution in [0.5, 0.6) is 0 Å². The third-order valence-electron chi connectivity index (χ3n) is 3.22. The van der Waals surface area contributed by atoms with Crippen molar-refractivity contribution in [2.24, 2.45) is 0 Å². The van der Waals surface area contributed by atoms with Crippen LogP contribution in [0.1, 0.15) is 26.4 Å². The summed E-state index contributed by atoms with van der Waals surface area (Å²) in [7, 11) is 1.10. The molecule has 1 heterocycles. The number of nitrogen functional groups attached to an aromatic ring is 1. The lowest BCUT2D eigenvalue weighted by molar-refractivity contribution is -0.384. The van der Waals surface area contributed by atoms with Crippen molar-refractivity contribution in [3.05, 3.63) is 51.3 Å². The zero-order valence-electron chi connectivity index (χ0n) is 12.2. The van der Waals surface area contributed by atoms with Crippen LogP contribution in [0, 0.1) is 21.4 Å². The van der Waals surface area contributed by atoms with Gasteiger partial charge < -0.3 is 20.1 Å². The standard InChI is InChI=1S/C14H10N4O6/c1-24-14(21)12-11(16)7(5-15)6-17(12)10-3-2-8(18(22)23)4-9(10)13(19)20/h2-4,6H,16H2,1H3,(H,19,20). The molecule has 0 aliphatic carbocycles. The minimum absolute atomic E-state index is 0.0647. The molecule has 10 heteroatoms. The number of methoxy groups -OCH3 is 1. The normalized spacial score (nSPS) is 10.0. The Morgan fingerprint density at radius 3 is 2.62 bits per heavy atom. The Hall–Kier alpha value is -3.87. The topological polar surface area (TPSA) is 161 Å². The highest BCUT2D eigenvalue weighted by Gasteiger charge is 2.25. The molecule has 0 amide bonds. The molecule has 0 unspecified atom stereocenters. The van der Waals surface area contributed by atoms with Crippen molar-refractivity contribution in [3.8, 4) is 11.8 Å². The Labute approximate surface area is 134 Å². The van der Waals surface area contributed by atoms with Gasteiger partial charge in [0, 0.05) is 18.3 Å². The second kappa shape index (κ2) is 6.09. The number of nitro benzene ring substituents is 1. The van der Waals surface area contributed by atoms with Gasteiger partial charge in [-0.1, -0.05) is 0 Å². The lowest BCUT2D eigenvalue weighted by atomic mass is 10.1. The second-order valence-electron chi connectivity index (χ2n) is 4.54. The number of ether oxygens (including phenoxy) is 1. The molecule has 0 radical (unpaired) electrons. The minimum Gasteiger partial charge on any atom is -0.478 e. The first-order chi connectivity index (χ1) is 11.3. The zero-order valence-corrected chi connectivity index (χ0v) is 12.2. The van der Waals surface area contributed by atoms with Crippen LogP contribution in [0.3, 0.4) is 0 Å². The van der Waals surface area contributed by atoms with E-state index in [0.717, 1.165) is 36.1 Å². The van der Waals surface area contributed by atoms with E-state index in [0.29, 0.717) is 0 Å². The minimum atomic E-state index is -1.45. The average molecular weight is 330 g/mol. The summed E-state index contributed by atoms with van der Waals surface area (Å²) in [5.41, 5.74) is 4.30. The molecule has 24 heavy (non-hydrogen) atoms. The number of anilines is 1. The molecule has 0 fully saturated rings. The number of carboxylic acid groups (broad SMARTS) is 1. The number of hydrogen-bond acceptors (Lipinski definition) is 7. The van der Waals surface area contributed by atoms with Gasteiger partial charge in [0.05, 0.1) is 34.5 Å². The molecular weight excluding hydrogens is 320 g/mol. The Kier molecular flexibility index (Phi) is 4.19. The summed E-state index contributed by atoms with van der Waals surface area (Å²) in [5, 5.41) is 29.2. The molecule has 0 saturated heterocycles. The number of carbonyl (C=O) groups excluding carboxylic acids is 1. The van der Waals surface area contributed by atoms with Gasteiger partial charge in [0.15, 0.2) is 5.69 Å². The maximum Gasteiger partial charge on any atom is 0.357 e. The van der Waals surface area contributed by atoms with Crippen LogP contribution in [0.25, 0.3) is 5.69 Å². The fourth-order valence-corrected chi connectivity index (χ4v) is 2.12. The van der Waals surface area contributed by atoms with Gasteiger partial charge in [-0.05, 0) is 6.07 Å². The number of esters is 1. The summed E-state index contributed by atoms with van der Waals surface area (Å²) in [6.45, 7) is 0. The predicted molar refractivity (Wildman–Crippen MR) is 79.8 cm³/mol. The molecule has 0 aliphatic heterocycles. The first-order valence-electron chi connectivity index (χ1n) is 6.33. The van der Waals surface area contributed by atoms with Gasteiger partial charge in [-0.25, -0.2) is 9.59 Å². The van der Waals surface area contributed by atoms with E-state index in [1.807, 2.05) is 0 Å². The molecule has 10 nitrogen and oxygen atoms in total. The van der Waals surface area contributed by atoms with E-state index in [1.165, 1.54) is 0 Å². The number of nitro groups is 1. The SMILES string of the molecule is COC(=O)c1c(N)c(C#N)cn1-c1ccc([N+](=O)[O-])cc1C(=O)O. The number of rotatable bonds is 4. The molecule has 0 spiro atoms. The molecule has 0 aliphatic rings. The third-order valence-corrected chi connectivity index (χ3v) is 3.22. The Balaban J connectivity index is 2.82. The van der Waals surface area contributed by atoms with Crippen LogP contribution in [0.2, 0.25) is 0 Å². The number of aromatic carboxylic acids is 1. The number of nitriles is 1. The van der Waals surface area contributed by atoms with Crippen LogP contribution in [-0.2, 0) is 4.74 Å². The van der Waals surface area contributed by atoms with Gasteiger partial charge in [0.2, 0.25) is 0 Å². The number of hydrogen-bond donors (Lipinski definition) is 2. The van der Waals surface area contributed by atoms with E-state index in [4.69, 9.17) is 11.0 Å². The average Bonchev–Trinajstić information content (AvgIpc) is 2.89. The van der Waals surface area contributed by atoms with E-state index in [2.05, 4.69) is 4.74 Å². The second-order valence-corrected chi connectivity index (χ2v) is 4.54. The van der Waals surface area contributed by atoms with Crippen LogP contribution >= 0.6 is 0 Å². The summed E-state index contributed by atoms with van der Waals surface area (Å²) in [6.07, 6.45) is 1.16. The highest BCUT2D eigenvalue weighted by atomic mass is 16.6. The van der Waals surface area contributed by atoms with E-state index in [1.54, 1.807) is 6.07 Å². The van der Waals surface area contributed by atoms with Crippen molar-refractivity contribution in [3.63, 3.8) is 0 Å². The Morgan fingerprint density at radius 1 is 1.46 bits per heavy atom. The Bertz CT molecular complexity index is 909. The fourth-order valence-electron chi connectivity index (χ4n) is 2.12. The molecule has 122 valence electrons. The summed E-state index contributed by atoms with van der Waals surface area (Å²) < 4.78 is 5.66. The smallest absolute Gasteiger partial charge is 0.357 e. The molecule has 0 atom stereocenters. The highest BCUT2D eigenvalue weighted by Crippen LogP contribution is 2.28. The highest BCUT2D eigenvalue weighted by molar-refractivity contribution is 5.98. The largest absolute Gasteiger partial charge is 0.478 e. The maximum absolute atomic E-state index is 11.9. The Morgan fingerprint density at radius 2 is 2.12 bits per heavy atom. The molecule has 1 aromatic carbocycles. The lowest BCUT2D eigenvalue weighted by Crippen LogP contribution is -2.14. The first kappa shape index (κ1) is 16.5. The van der Waals surface area contributed by atoms with E-state index < -0.39 is 28.1 Å². The number of nitrogens with two attached hydrogens (primary N) is 1. The summed E-state index contributed by atoms with van der Waals surface area (Å²) >= 11 is 0. The van der Waals surface area contributed by atoms with E-state index in [-0.39, 0.29) is 22.6 Å². The molecule has 3 N–H and O–H groups in total. The van der Waals surface area contributed by atoms with Crippen LogP contribution in [0.4, 0.5) is 11.4 Å². The number of carbonyl (C=O) groups is 2. The van der Waals surface area contributed by atoms with Gasteiger partial charge >= 0.3 is 11.9 Å². The molecule has 0 saturated carbocycles. The van der Waals surface area contributed by atoms with E-state index in [9.17, 15) is 24.8 Å². The molecule has 1 aromatic heterocycles. The van der Waals surface area contributed by atoms with Crippen molar-refractivity contribution in [1.82, 2.24) is 4.57 Å². The molecule has 0 bridgehead atoms. The number of non-ortho nitro benzene ring substituents is 1. The summed E-state index contributed by atoms with van der Waals surface area (Å²) in [6, 6.07) is 4.84. The van der Waals surface area contributed by atoms with Crippen LogP contribution < -0.4 is 5.73 Å². The van der Waals surface area contributed by atoms with Gasteiger partial charge in [-0.2, -0.15) is 5.26 Å². The van der Waals surface area contributed by atoms with Crippen LogP contribution in [-0.4, -0.2) is 33.6 Å². The molecule has 2 rings (SSSR count).